The van der Waals surface area contributed by atoms with Crippen LogP contribution < -0.4 is 0 Å². The van der Waals surface area contributed by atoms with Crippen LogP contribution in [0.2, 0.25) is 5.02 Å². The van der Waals surface area contributed by atoms with Gasteiger partial charge in [-0.1, -0.05) is 65.8 Å². The first-order valence-electron chi connectivity index (χ1n) is 7.58. The molecule has 5 heteroatoms. The van der Waals surface area contributed by atoms with Crippen LogP contribution >= 0.6 is 23.4 Å². The maximum absolute atomic E-state index is 11.5. The highest BCUT2D eigenvalue weighted by Crippen LogP contribution is 2.33. The summed E-state index contributed by atoms with van der Waals surface area (Å²) in [5.74, 6) is -0.977. The third-order valence-corrected chi connectivity index (χ3v) is 5.26. The topological polar surface area (TPSA) is 54.4 Å². The highest BCUT2D eigenvalue weighted by molar-refractivity contribution is 8.15. The van der Waals surface area contributed by atoms with E-state index in [0.29, 0.717) is 17.9 Å². The summed E-state index contributed by atoms with van der Waals surface area (Å²) in [7, 11) is 0. The van der Waals surface area contributed by atoms with Crippen LogP contribution in [-0.2, 0) is 16.0 Å². The number of aliphatic carboxylic acids is 1. The highest BCUT2D eigenvalue weighted by atomic mass is 35.5. The fraction of sp³-hybridized carbons (Fsp3) is 0.263. The predicted octanol–water partition coefficient (Wildman–Crippen LogP) is 5.06. The summed E-state index contributed by atoms with van der Waals surface area (Å²) in [6.45, 7) is 2.97. The molecule has 1 N–H and O–H groups in total. The number of benzene rings is 2. The standard InChI is InChI=1S/C19H19ClO3S/c1-13(21)24-19(2,18(22)23)11-10-14-8-9-16(17(20)12-14)15-6-4-3-5-7-15/h3-9,12H,10-11H2,1-2H3,(H,22,23). The summed E-state index contributed by atoms with van der Waals surface area (Å²) >= 11 is 7.25. The van der Waals surface area contributed by atoms with Crippen molar-refractivity contribution < 1.29 is 14.7 Å². The maximum atomic E-state index is 11.5. The molecule has 1 atom stereocenters. The van der Waals surface area contributed by atoms with E-state index in [1.165, 1.54) is 6.92 Å². The molecule has 2 rings (SSSR count). The Morgan fingerprint density at radius 3 is 2.38 bits per heavy atom. The Morgan fingerprint density at radius 2 is 1.83 bits per heavy atom. The molecule has 3 nitrogen and oxygen atoms in total. The molecule has 126 valence electrons. The molecular weight excluding hydrogens is 344 g/mol. The van der Waals surface area contributed by atoms with Gasteiger partial charge in [-0.15, -0.1) is 0 Å². The molecule has 0 fully saturated rings. The smallest absolute Gasteiger partial charge is 0.319 e. The molecule has 1 unspecified atom stereocenters. The van der Waals surface area contributed by atoms with Crippen molar-refractivity contribution in [1.29, 1.82) is 0 Å². The minimum Gasteiger partial charge on any atom is -0.480 e. The molecule has 0 aliphatic heterocycles. The number of hydrogen-bond donors (Lipinski definition) is 1. The molecule has 0 spiro atoms. The lowest BCUT2D eigenvalue weighted by Gasteiger charge is -2.22. The number of carbonyl (C=O) groups excluding carboxylic acids is 1. The monoisotopic (exact) mass is 362 g/mol. The van der Waals surface area contributed by atoms with E-state index in [-0.39, 0.29) is 5.12 Å². The molecule has 24 heavy (non-hydrogen) atoms. The number of thioether (sulfide) groups is 1. The second kappa shape index (κ2) is 7.86. The van der Waals surface area contributed by atoms with Crippen molar-refractivity contribution in [2.24, 2.45) is 0 Å². The summed E-state index contributed by atoms with van der Waals surface area (Å²) in [5, 5.41) is 9.84. The van der Waals surface area contributed by atoms with Crippen molar-refractivity contribution in [3.8, 4) is 11.1 Å². The Kier molecular flexibility index (Phi) is 6.08. The van der Waals surface area contributed by atoms with E-state index in [4.69, 9.17) is 11.6 Å². The molecular formula is C19H19ClO3S. The van der Waals surface area contributed by atoms with Crippen LogP contribution in [0.1, 0.15) is 25.8 Å². The lowest BCUT2D eigenvalue weighted by Crippen LogP contribution is -2.33. The zero-order chi connectivity index (χ0) is 17.7. The Morgan fingerprint density at radius 1 is 1.17 bits per heavy atom. The van der Waals surface area contributed by atoms with Gasteiger partial charge < -0.3 is 5.11 Å². The number of rotatable bonds is 6. The van der Waals surface area contributed by atoms with Gasteiger partial charge in [0.15, 0.2) is 5.12 Å². The summed E-state index contributed by atoms with van der Waals surface area (Å²) < 4.78 is -1.13. The molecule has 0 bridgehead atoms. The maximum Gasteiger partial charge on any atom is 0.319 e. The zero-order valence-electron chi connectivity index (χ0n) is 13.6. The van der Waals surface area contributed by atoms with E-state index in [1.807, 2.05) is 48.5 Å². The predicted molar refractivity (Wildman–Crippen MR) is 99.5 cm³/mol. The van der Waals surface area contributed by atoms with Crippen molar-refractivity contribution in [2.75, 3.05) is 0 Å². The minimum absolute atomic E-state index is 0.197. The van der Waals surface area contributed by atoms with Crippen molar-refractivity contribution >= 4 is 34.4 Å². The fourth-order valence-corrected chi connectivity index (χ4v) is 3.71. The van der Waals surface area contributed by atoms with Gasteiger partial charge in [-0.25, -0.2) is 0 Å². The zero-order valence-corrected chi connectivity index (χ0v) is 15.2. The fourth-order valence-electron chi connectivity index (χ4n) is 2.47. The largest absolute Gasteiger partial charge is 0.480 e. The van der Waals surface area contributed by atoms with E-state index >= 15 is 0 Å². The first kappa shape index (κ1) is 18.6. The third kappa shape index (κ3) is 4.62. The van der Waals surface area contributed by atoms with E-state index in [2.05, 4.69) is 0 Å². The van der Waals surface area contributed by atoms with Crippen LogP contribution in [0.25, 0.3) is 11.1 Å². The average molecular weight is 363 g/mol. The minimum atomic E-state index is -1.13. The summed E-state index contributed by atoms with van der Waals surface area (Å²) in [5.41, 5.74) is 2.94. The van der Waals surface area contributed by atoms with E-state index in [9.17, 15) is 14.7 Å². The lowest BCUT2D eigenvalue weighted by atomic mass is 9.98. The second-order valence-electron chi connectivity index (χ2n) is 5.81. The first-order valence-corrected chi connectivity index (χ1v) is 8.78. The summed E-state index contributed by atoms with van der Waals surface area (Å²) in [4.78, 5) is 22.8. The van der Waals surface area contributed by atoms with Crippen molar-refractivity contribution in [2.45, 2.75) is 31.4 Å². The van der Waals surface area contributed by atoms with Gasteiger partial charge >= 0.3 is 5.97 Å². The second-order valence-corrected chi connectivity index (χ2v) is 7.90. The number of aryl methyl sites for hydroxylation is 1. The highest BCUT2D eigenvalue weighted by Gasteiger charge is 2.35. The summed E-state index contributed by atoms with van der Waals surface area (Å²) in [6, 6.07) is 15.6. The molecule has 0 aliphatic rings. The van der Waals surface area contributed by atoms with Crippen LogP contribution in [0, 0.1) is 0 Å². The first-order chi connectivity index (χ1) is 11.3. The van der Waals surface area contributed by atoms with Crippen LogP contribution in [0.15, 0.2) is 48.5 Å². The summed E-state index contributed by atoms with van der Waals surface area (Å²) in [6.07, 6.45) is 0.894. The van der Waals surface area contributed by atoms with Crippen molar-refractivity contribution in [3.05, 3.63) is 59.1 Å². The van der Waals surface area contributed by atoms with Crippen LogP contribution in [0.5, 0.6) is 0 Å². The van der Waals surface area contributed by atoms with Gasteiger partial charge in [-0.05, 0) is 37.0 Å². The number of carboxylic acids is 1. The molecule has 0 amide bonds. The third-order valence-electron chi connectivity index (χ3n) is 3.83. The molecule has 2 aromatic rings. The Hall–Kier alpha value is -1.78. The van der Waals surface area contributed by atoms with Gasteiger partial charge in [-0.3, -0.25) is 9.59 Å². The molecule has 0 aliphatic carbocycles. The Bertz CT molecular complexity index is 746. The molecule has 0 radical (unpaired) electrons. The number of hydrogen-bond acceptors (Lipinski definition) is 3. The van der Waals surface area contributed by atoms with Crippen molar-refractivity contribution in [3.63, 3.8) is 0 Å². The lowest BCUT2D eigenvalue weighted by molar-refractivity contribution is -0.139. The van der Waals surface area contributed by atoms with E-state index in [1.54, 1.807) is 6.92 Å². The Labute approximate surface area is 151 Å². The molecule has 2 aromatic carbocycles. The van der Waals surface area contributed by atoms with Gasteiger partial charge in [0.1, 0.15) is 4.75 Å². The Balaban J connectivity index is 2.15. The van der Waals surface area contributed by atoms with Gasteiger partial charge in [0.25, 0.3) is 0 Å². The average Bonchev–Trinajstić information content (AvgIpc) is 2.53. The SMILES string of the molecule is CC(=O)SC(C)(CCc1ccc(-c2ccccc2)c(Cl)c1)C(=O)O. The van der Waals surface area contributed by atoms with E-state index in [0.717, 1.165) is 28.5 Å². The molecule has 0 saturated carbocycles. The molecule has 0 aromatic heterocycles. The normalized spacial score (nSPS) is 13.3. The van der Waals surface area contributed by atoms with Gasteiger partial charge in [-0.2, -0.15) is 0 Å². The van der Waals surface area contributed by atoms with Crippen molar-refractivity contribution in [1.82, 2.24) is 0 Å². The van der Waals surface area contributed by atoms with Crippen LogP contribution in [0.3, 0.4) is 0 Å². The number of halogens is 1. The van der Waals surface area contributed by atoms with Crippen LogP contribution in [-0.4, -0.2) is 20.9 Å². The van der Waals surface area contributed by atoms with Gasteiger partial charge in [0.2, 0.25) is 0 Å². The van der Waals surface area contributed by atoms with E-state index < -0.39 is 10.7 Å². The number of carboxylic acid groups (broad SMARTS) is 1. The van der Waals surface area contributed by atoms with Crippen LogP contribution in [0.4, 0.5) is 0 Å². The molecule has 0 saturated heterocycles. The quantitative estimate of drug-likeness (QED) is 0.780. The molecule has 0 heterocycles. The van der Waals surface area contributed by atoms with Gasteiger partial charge in [0, 0.05) is 17.5 Å². The van der Waals surface area contributed by atoms with Gasteiger partial charge in [0.05, 0.1) is 0 Å². The number of carbonyl (C=O) groups is 2.